The lowest BCUT2D eigenvalue weighted by atomic mass is 10.2. The monoisotopic (exact) mass is 413 g/mol. The molecule has 0 saturated heterocycles. The lowest BCUT2D eigenvalue weighted by Gasteiger charge is -2.24. The molecule has 0 aliphatic heterocycles. The molecule has 3 aromatic rings. The van der Waals surface area contributed by atoms with Crippen LogP contribution in [0.25, 0.3) is 10.6 Å². The second-order valence-corrected chi connectivity index (χ2v) is 7.75. The van der Waals surface area contributed by atoms with Gasteiger partial charge in [-0.3, -0.25) is 4.79 Å². The van der Waals surface area contributed by atoms with E-state index in [1.54, 1.807) is 35.6 Å². The highest BCUT2D eigenvalue weighted by molar-refractivity contribution is 7.13. The molecule has 0 fully saturated rings. The smallest absolute Gasteiger partial charge is 0.273 e. The van der Waals surface area contributed by atoms with Crippen LogP contribution in [0, 0.1) is 5.82 Å². The highest BCUT2D eigenvalue weighted by Gasteiger charge is 2.21. The fraction of sp³-hybridized carbons (Fsp3) is 0.273. The Bertz CT molecular complexity index is 957. The molecule has 0 aliphatic carbocycles. The predicted octanol–water partition coefficient (Wildman–Crippen LogP) is 4.16. The lowest BCUT2D eigenvalue weighted by molar-refractivity contribution is 0.0725. The van der Waals surface area contributed by atoms with E-state index in [4.69, 9.17) is 4.74 Å². The summed E-state index contributed by atoms with van der Waals surface area (Å²) in [5.41, 5.74) is 1.78. The topological polar surface area (TPSA) is 45.7 Å². The number of nitrogens with zero attached hydrogens (tertiary/aromatic N) is 3. The van der Waals surface area contributed by atoms with Crippen molar-refractivity contribution in [3.05, 3.63) is 71.0 Å². The zero-order valence-electron chi connectivity index (χ0n) is 16.8. The Morgan fingerprint density at radius 1 is 1.10 bits per heavy atom. The summed E-state index contributed by atoms with van der Waals surface area (Å²) in [5.74, 6) is 0.250. The molecule has 3 rings (SSSR count). The second kappa shape index (κ2) is 9.62. The molecular weight excluding hydrogens is 389 g/mol. The van der Waals surface area contributed by atoms with Crippen molar-refractivity contribution in [3.63, 3.8) is 0 Å². The standard InChI is InChI=1S/C22H24FN3O2S/c1-25(2)12-13-26(14-17-6-4-5-7-19(17)23)22(27)20-15-29-21(24-20)16-8-10-18(28-3)11-9-16/h4-11,15H,12-14H2,1-3H3. The number of methoxy groups -OCH3 is 1. The normalized spacial score (nSPS) is 10.9. The lowest BCUT2D eigenvalue weighted by Crippen LogP contribution is -2.36. The van der Waals surface area contributed by atoms with E-state index in [0.29, 0.717) is 24.3 Å². The Kier molecular flexibility index (Phi) is 6.95. The Hall–Kier alpha value is -2.77. The van der Waals surface area contributed by atoms with Crippen molar-refractivity contribution < 1.29 is 13.9 Å². The third-order valence-electron chi connectivity index (χ3n) is 4.48. The van der Waals surface area contributed by atoms with Gasteiger partial charge in [-0.1, -0.05) is 18.2 Å². The largest absolute Gasteiger partial charge is 0.497 e. The van der Waals surface area contributed by atoms with Gasteiger partial charge in [0.05, 0.1) is 7.11 Å². The Morgan fingerprint density at radius 3 is 2.48 bits per heavy atom. The van der Waals surface area contributed by atoms with Crippen molar-refractivity contribution in [1.29, 1.82) is 0 Å². The van der Waals surface area contributed by atoms with Crippen LogP contribution in [0.2, 0.25) is 0 Å². The van der Waals surface area contributed by atoms with Crippen LogP contribution in [0.4, 0.5) is 4.39 Å². The first kappa shape index (κ1) is 21.0. The van der Waals surface area contributed by atoms with Crippen molar-refractivity contribution in [3.8, 4) is 16.3 Å². The van der Waals surface area contributed by atoms with E-state index >= 15 is 0 Å². The molecule has 0 bridgehead atoms. The second-order valence-electron chi connectivity index (χ2n) is 6.89. The van der Waals surface area contributed by atoms with Crippen molar-refractivity contribution in [1.82, 2.24) is 14.8 Å². The van der Waals surface area contributed by atoms with Crippen LogP contribution in [0.5, 0.6) is 5.75 Å². The Morgan fingerprint density at radius 2 is 1.83 bits per heavy atom. The molecule has 0 aliphatic rings. The fourth-order valence-electron chi connectivity index (χ4n) is 2.81. The maximum absolute atomic E-state index is 14.1. The van der Waals surface area contributed by atoms with Gasteiger partial charge < -0.3 is 14.5 Å². The number of thiazole rings is 1. The van der Waals surface area contributed by atoms with E-state index in [2.05, 4.69) is 4.98 Å². The summed E-state index contributed by atoms with van der Waals surface area (Å²) >= 11 is 1.41. The van der Waals surface area contributed by atoms with Crippen LogP contribution < -0.4 is 4.74 Å². The number of ether oxygens (including phenoxy) is 1. The van der Waals surface area contributed by atoms with Gasteiger partial charge in [-0.15, -0.1) is 11.3 Å². The molecule has 0 spiro atoms. The van der Waals surface area contributed by atoms with Crippen LogP contribution in [0.1, 0.15) is 16.1 Å². The third-order valence-corrected chi connectivity index (χ3v) is 5.38. The zero-order chi connectivity index (χ0) is 20.8. The van der Waals surface area contributed by atoms with Crippen LogP contribution in [-0.2, 0) is 6.54 Å². The molecule has 0 unspecified atom stereocenters. The molecular formula is C22H24FN3O2S. The van der Waals surface area contributed by atoms with E-state index in [1.807, 2.05) is 43.3 Å². The molecule has 0 saturated carbocycles. The minimum atomic E-state index is -0.313. The molecule has 1 amide bonds. The first-order valence-corrected chi connectivity index (χ1v) is 10.1. The SMILES string of the molecule is COc1ccc(-c2nc(C(=O)N(CCN(C)C)Cc3ccccc3F)cs2)cc1. The van der Waals surface area contributed by atoms with Gasteiger partial charge in [-0.2, -0.15) is 0 Å². The summed E-state index contributed by atoms with van der Waals surface area (Å²) in [5, 5.41) is 2.51. The minimum Gasteiger partial charge on any atom is -0.497 e. The summed E-state index contributed by atoms with van der Waals surface area (Å²) in [4.78, 5) is 21.3. The summed E-state index contributed by atoms with van der Waals surface area (Å²) in [7, 11) is 5.50. The summed E-state index contributed by atoms with van der Waals surface area (Å²) in [6.45, 7) is 1.36. The summed E-state index contributed by atoms with van der Waals surface area (Å²) < 4.78 is 19.3. The number of carbonyl (C=O) groups excluding carboxylic acids is 1. The van der Waals surface area contributed by atoms with Gasteiger partial charge >= 0.3 is 0 Å². The van der Waals surface area contributed by atoms with Crippen LogP contribution >= 0.6 is 11.3 Å². The van der Waals surface area contributed by atoms with Gasteiger partial charge in [0.1, 0.15) is 22.3 Å². The van der Waals surface area contributed by atoms with E-state index in [1.165, 1.54) is 17.4 Å². The quantitative estimate of drug-likeness (QED) is 0.556. The molecule has 29 heavy (non-hydrogen) atoms. The first-order chi connectivity index (χ1) is 14.0. The number of benzene rings is 2. The molecule has 152 valence electrons. The van der Waals surface area contributed by atoms with Crippen molar-refractivity contribution in [2.45, 2.75) is 6.54 Å². The van der Waals surface area contributed by atoms with E-state index < -0.39 is 0 Å². The molecule has 5 nitrogen and oxygen atoms in total. The molecule has 0 N–H and O–H groups in total. The number of halogens is 1. The molecule has 1 heterocycles. The number of rotatable bonds is 8. The Labute approximate surface area is 174 Å². The maximum Gasteiger partial charge on any atom is 0.273 e. The molecule has 0 radical (unpaired) electrons. The van der Waals surface area contributed by atoms with Gasteiger partial charge in [0.25, 0.3) is 5.91 Å². The van der Waals surface area contributed by atoms with Crippen LogP contribution in [-0.4, -0.2) is 55.0 Å². The molecule has 1 aromatic heterocycles. The van der Waals surface area contributed by atoms with Gasteiger partial charge in [0.15, 0.2) is 0 Å². The maximum atomic E-state index is 14.1. The predicted molar refractivity (Wildman–Crippen MR) is 114 cm³/mol. The Balaban J connectivity index is 1.81. The van der Waals surface area contributed by atoms with Gasteiger partial charge in [0.2, 0.25) is 0 Å². The van der Waals surface area contributed by atoms with Crippen molar-refractivity contribution in [2.75, 3.05) is 34.3 Å². The number of hydrogen-bond donors (Lipinski definition) is 0. The van der Waals surface area contributed by atoms with Crippen molar-refractivity contribution in [2.24, 2.45) is 0 Å². The summed E-state index contributed by atoms with van der Waals surface area (Å²) in [6, 6.07) is 14.1. The first-order valence-electron chi connectivity index (χ1n) is 9.25. The zero-order valence-corrected chi connectivity index (χ0v) is 17.6. The summed E-state index contributed by atoms with van der Waals surface area (Å²) in [6.07, 6.45) is 0. The molecule has 7 heteroatoms. The van der Waals surface area contributed by atoms with Crippen molar-refractivity contribution >= 4 is 17.2 Å². The van der Waals surface area contributed by atoms with Gasteiger partial charge in [-0.05, 0) is 44.4 Å². The van der Waals surface area contributed by atoms with Crippen LogP contribution in [0.15, 0.2) is 53.9 Å². The number of likely N-dealkylation sites (N-methyl/N-ethyl adjacent to an activating group) is 1. The number of carbonyl (C=O) groups is 1. The van der Waals surface area contributed by atoms with E-state index in [0.717, 1.165) is 16.3 Å². The van der Waals surface area contributed by atoms with Gasteiger partial charge in [0, 0.05) is 36.1 Å². The van der Waals surface area contributed by atoms with E-state index in [-0.39, 0.29) is 18.3 Å². The number of aromatic nitrogens is 1. The third kappa shape index (κ3) is 5.40. The highest BCUT2D eigenvalue weighted by Crippen LogP contribution is 2.26. The fourth-order valence-corrected chi connectivity index (χ4v) is 3.61. The van der Waals surface area contributed by atoms with Crippen LogP contribution in [0.3, 0.4) is 0 Å². The average Bonchev–Trinajstić information content (AvgIpc) is 3.22. The highest BCUT2D eigenvalue weighted by atomic mass is 32.1. The van der Waals surface area contributed by atoms with Gasteiger partial charge in [-0.25, -0.2) is 9.37 Å². The number of amides is 1. The molecule has 2 aromatic carbocycles. The van der Waals surface area contributed by atoms with E-state index in [9.17, 15) is 9.18 Å². The number of hydrogen-bond acceptors (Lipinski definition) is 5. The average molecular weight is 414 g/mol. The molecule has 0 atom stereocenters. The minimum absolute atomic E-state index is 0.203.